The standard InChI is InChI=1S/C17H20FN3O3S/c1-25(23,24)21(13-14-5-7-19-8-6-14)10-9-20-17(22)12-15-3-2-4-16(18)11-15/h2-8,11H,9-10,12-13H2,1H3,(H,20,22). The minimum atomic E-state index is -3.41. The Morgan fingerprint density at radius 2 is 1.92 bits per heavy atom. The molecule has 0 aliphatic rings. The van der Waals surface area contributed by atoms with Gasteiger partial charge < -0.3 is 5.32 Å². The number of nitrogens with zero attached hydrogens (tertiary/aromatic N) is 2. The summed E-state index contributed by atoms with van der Waals surface area (Å²) < 4.78 is 38.2. The topological polar surface area (TPSA) is 79.4 Å². The average Bonchev–Trinajstić information content (AvgIpc) is 2.54. The zero-order chi connectivity index (χ0) is 18.3. The van der Waals surface area contributed by atoms with Crippen LogP contribution in [0.1, 0.15) is 11.1 Å². The van der Waals surface area contributed by atoms with Gasteiger partial charge in [-0.05, 0) is 35.4 Å². The highest BCUT2D eigenvalue weighted by Gasteiger charge is 2.17. The molecule has 0 unspecified atom stereocenters. The highest BCUT2D eigenvalue weighted by molar-refractivity contribution is 7.88. The number of hydrogen-bond acceptors (Lipinski definition) is 4. The number of aromatic nitrogens is 1. The number of benzene rings is 1. The molecule has 0 spiro atoms. The third-order valence-corrected chi connectivity index (χ3v) is 4.76. The number of carbonyl (C=O) groups is 1. The number of halogens is 1. The normalized spacial score (nSPS) is 11.5. The Hall–Kier alpha value is -2.32. The van der Waals surface area contributed by atoms with E-state index < -0.39 is 15.8 Å². The number of hydrogen-bond donors (Lipinski definition) is 1. The molecule has 2 aromatic rings. The molecular weight excluding hydrogens is 345 g/mol. The molecule has 1 aromatic carbocycles. The van der Waals surface area contributed by atoms with Gasteiger partial charge in [0.1, 0.15) is 5.82 Å². The summed E-state index contributed by atoms with van der Waals surface area (Å²) in [7, 11) is -3.41. The van der Waals surface area contributed by atoms with Gasteiger partial charge in [-0.1, -0.05) is 12.1 Å². The van der Waals surface area contributed by atoms with Crippen molar-refractivity contribution >= 4 is 15.9 Å². The summed E-state index contributed by atoms with van der Waals surface area (Å²) in [6.07, 6.45) is 4.36. The molecule has 1 N–H and O–H groups in total. The number of carbonyl (C=O) groups excluding carboxylic acids is 1. The maximum absolute atomic E-state index is 13.1. The van der Waals surface area contributed by atoms with Gasteiger partial charge in [0.15, 0.2) is 0 Å². The van der Waals surface area contributed by atoms with Crippen LogP contribution in [0.15, 0.2) is 48.8 Å². The Labute approximate surface area is 146 Å². The molecule has 0 aliphatic carbocycles. The minimum Gasteiger partial charge on any atom is -0.354 e. The number of amides is 1. The van der Waals surface area contributed by atoms with Crippen molar-refractivity contribution in [2.45, 2.75) is 13.0 Å². The molecule has 1 heterocycles. The molecule has 0 radical (unpaired) electrons. The van der Waals surface area contributed by atoms with Crippen molar-refractivity contribution in [1.82, 2.24) is 14.6 Å². The SMILES string of the molecule is CS(=O)(=O)N(CCNC(=O)Cc1cccc(F)c1)Cc1ccncc1. The summed E-state index contributed by atoms with van der Waals surface area (Å²) in [6, 6.07) is 9.28. The Bertz CT molecular complexity index is 813. The minimum absolute atomic E-state index is 0.0426. The number of sulfonamides is 1. The van der Waals surface area contributed by atoms with Crippen molar-refractivity contribution in [2.24, 2.45) is 0 Å². The summed E-state index contributed by atoms with van der Waals surface area (Å²) in [6.45, 7) is 0.531. The lowest BCUT2D eigenvalue weighted by Crippen LogP contribution is -2.38. The first-order chi connectivity index (χ1) is 11.8. The molecule has 0 bridgehead atoms. The Morgan fingerprint density at radius 3 is 2.56 bits per heavy atom. The molecule has 0 saturated carbocycles. The summed E-state index contributed by atoms with van der Waals surface area (Å²) in [5, 5.41) is 2.66. The first-order valence-electron chi connectivity index (χ1n) is 7.70. The lowest BCUT2D eigenvalue weighted by molar-refractivity contribution is -0.120. The van der Waals surface area contributed by atoms with Gasteiger partial charge >= 0.3 is 0 Å². The maximum Gasteiger partial charge on any atom is 0.224 e. The third-order valence-electron chi connectivity index (χ3n) is 3.51. The van der Waals surface area contributed by atoms with Crippen molar-refractivity contribution < 1.29 is 17.6 Å². The van der Waals surface area contributed by atoms with E-state index >= 15 is 0 Å². The second-order valence-electron chi connectivity index (χ2n) is 5.61. The summed E-state index contributed by atoms with van der Waals surface area (Å²) in [5.41, 5.74) is 1.38. The van der Waals surface area contributed by atoms with Crippen molar-refractivity contribution in [2.75, 3.05) is 19.3 Å². The predicted molar refractivity (Wildman–Crippen MR) is 92.6 cm³/mol. The second-order valence-corrected chi connectivity index (χ2v) is 7.59. The quantitative estimate of drug-likeness (QED) is 0.766. The molecule has 0 aliphatic heterocycles. The van der Waals surface area contributed by atoms with E-state index in [-0.39, 0.29) is 32.0 Å². The van der Waals surface area contributed by atoms with Crippen LogP contribution in [0, 0.1) is 5.82 Å². The van der Waals surface area contributed by atoms with Gasteiger partial charge in [0.2, 0.25) is 15.9 Å². The Balaban J connectivity index is 1.87. The van der Waals surface area contributed by atoms with Gasteiger partial charge in [0.25, 0.3) is 0 Å². The fraction of sp³-hybridized carbons (Fsp3) is 0.294. The number of pyridine rings is 1. The van der Waals surface area contributed by atoms with Gasteiger partial charge in [-0.3, -0.25) is 9.78 Å². The smallest absolute Gasteiger partial charge is 0.224 e. The molecule has 2 rings (SSSR count). The first-order valence-corrected chi connectivity index (χ1v) is 9.54. The van der Waals surface area contributed by atoms with E-state index in [4.69, 9.17) is 0 Å². The first kappa shape index (κ1) is 19.0. The van der Waals surface area contributed by atoms with E-state index in [9.17, 15) is 17.6 Å². The van der Waals surface area contributed by atoms with Crippen molar-refractivity contribution in [3.05, 3.63) is 65.7 Å². The Kier molecular flexibility index (Phi) is 6.60. The molecule has 25 heavy (non-hydrogen) atoms. The van der Waals surface area contributed by atoms with Crippen LogP contribution >= 0.6 is 0 Å². The molecule has 134 valence electrons. The van der Waals surface area contributed by atoms with E-state index in [2.05, 4.69) is 10.3 Å². The summed E-state index contributed by atoms with van der Waals surface area (Å²) >= 11 is 0. The zero-order valence-corrected chi connectivity index (χ0v) is 14.7. The van der Waals surface area contributed by atoms with E-state index in [1.54, 1.807) is 30.6 Å². The Morgan fingerprint density at radius 1 is 1.20 bits per heavy atom. The van der Waals surface area contributed by atoms with Gasteiger partial charge in [0.05, 0.1) is 12.7 Å². The summed E-state index contributed by atoms with van der Waals surface area (Å²) in [4.78, 5) is 15.8. The summed E-state index contributed by atoms with van der Waals surface area (Å²) in [5.74, 6) is -0.686. The van der Waals surface area contributed by atoms with Gasteiger partial charge in [-0.15, -0.1) is 0 Å². The van der Waals surface area contributed by atoms with Crippen LogP contribution in [0.5, 0.6) is 0 Å². The number of nitrogens with one attached hydrogen (secondary N) is 1. The van der Waals surface area contributed by atoms with Crippen LogP contribution in [-0.2, 0) is 27.8 Å². The molecular formula is C17H20FN3O3S. The average molecular weight is 365 g/mol. The highest BCUT2D eigenvalue weighted by Crippen LogP contribution is 2.07. The predicted octanol–water partition coefficient (Wildman–Crippen LogP) is 1.34. The maximum atomic E-state index is 13.1. The van der Waals surface area contributed by atoms with Crippen LogP contribution < -0.4 is 5.32 Å². The zero-order valence-electron chi connectivity index (χ0n) is 13.9. The van der Waals surface area contributed by atoms with Crippen molar-refractivity contribution in [1.29, 1.82) is 0 Å². The molecule has 0 atom stereocenters. The van der Waals surface area contributed by atoms with Crippen LogP contribution in [0.25, 0.3) is 0 Å². The van der Waals surface area contributed by atoms with Gasteiger partial charge in [-0.25, -0.2) is 12.8 Å². The molecule has 6 nitrogen and oxygen atoms in total. The van der Waals surface area contributed by atoms with Crippen LogP contribution in [-0.4, -0.2) is 43.0 Å². The monoisotopic (exact) mass is 365 g/mol. The molecule has 8 heteroatoms. The molecule has 0 fully saturated rings. The van der Waals surface area contributed by atoms with Crippen LogP contribution in [0.4, 0.5) is 4.39 Å². The second kappa shape index (κ2) is 8.68. The van der Waals surface area contributed by atoms with E-state index in [1.807, 2.05) is 0 Å². The number of rotatable bonds is 8. The van der Waals surface area contributed by atoms with E-state index in [1.165, 1.54) is 22.5 Å². The molecule has 0 saturated heterocycles. The molecule has 1 amide bonds. The van der Waals surface area contributed by atoms with Crippen molar-refractivity contribution in [3.8, 4) is 0 Å². The van der Waals surface area contributed by atoms with E-state index in [0.717, 1.165) is 11.8 Å². The van der Waals surface area contributed by atoms with E-state index in [0.29, 0.717) is 5.56 Å². The van der Waals surface area contributed by atoms with Crippen LogP contribution in [0.2, 0.25) is 0 Å². The third kappa shape index (κ3) is 6.60. The highest BCUT2D eigenvalue weighted by atomic mass is 32.2. The lowest BCUT2D eigenvalue weighted by atomic mass is 10.1. The molecule has 1 aromatic heterocycles. The largest absolute Gasteiger partial charge is 0.354 e. The lowest BCUT2D eigenvalue weighted by Gasteiger charge is -2.20. The van der Waals surface area contributed by atoms with Gasteiger partial charge in [0, 0.05) is 32.0 Å². The fourth-order valence-corrected chi connectivity index (χ4v) is 3.08. The van der Waals surface area contributed by atoms with Gasteiger partial charge in [-0.2, -0.15) is 4.31 Å². The van der Waals surface area contributed by atoms with Crippen LogP contribution in [0.3, 0.4) is 0 Å². The van der Waals surface area contributed by atoms with Crippen molar-refractivity contribution in [3.63, 3.8) is 0 Å². The fourth-order valence-electron chi connectivity index (χ4n) is 2.27.